The van der Waals surface area contributed by atoms with E-state index in [1.54, 1.807) is 6.33 Å². The standard InChI is InChI=1S/C10H14N4.ClH/c1-8-4-9(2)6-10(3,5-8)14-7-11-12-13-14;/h4-5,7H,6H2,1-3H3;1H. The van der Waals surface area contributed by atoms with Crippen LogP contribution in [0.25, 0.3) is 0 Å². The van der Waals surface area contributed by atoms with Crippen molar-refractivity contribution in [1.82, 2.24) is 15.5 Å². The lowest BCUT2D eigenvalue weighted by Crippen LogP contribution is -3.00. The number of nitrogens with one attached hydrogen (secondary N) is 1. The van der Waals surface area contributed by atoms with Gasteiger partial charge in [0, 0.05) is 6.42 Å². The van der Waals surface area contributed by atoms with Crippen LogP contribution in [0.1, 0.15) is 27.2 Å². The quantitative estimate of drug-likeness (QED) is 0.569. The molecule has 4 nitrogen and oxygen atoms in total. The van der Waals surface area contributed by atoms with Gasteiger partial charge in [-0.2, -0.15) is 4.68 Å². The molecule has 1 aliphatic carbocycles. The topological polar surface area (TPSA) is 45.5 Å². The molecule has 1 aromatic heterocycles. The number of hydrogen-bond donors (Lipinski definition) is 1. The smallest absolute Gasteiger partial charge is 0.289 e. The highest BCUT2D eigenvalue weighted by atomic mass is 35.5. The van der Waals surface area contributed by atoms with E-state index in [0.29, 0.717) is 0 Å². The summed E-state index contributed by atoms with van der Waals surface area (Å²) in [6.45, 7) is 6.44. The Labute approximate surface area is 95.5 Å². The van der Waals surface area contributed by atoms with Gasteiger partial charge in [0.25, 0.3) is 6.33 Å². The molecule has 0 fully saturated rings. The highest BCUT2D eigenvalue weighted by Gasteiger charge is 2.31. The van der Waals surface area contributed by atoms with Crippen LogP contribution in [0.3, 0.4) is 0 Å². The van der Waals surface area contributed by atoms with Crippen molar-refractivity contribution in [2.24, 2.45) is 0 Å². The van der Waals surface area contributed by atoms with Gasteiger partial charge < -0.3 is 12.4 Å². The van der Waals surface area contributed by atoms with Crippen molar-refractivity contribution < 1.29 is 17.1 Å². The molecular formula is C10H15ClN4. The number of aromatic amines is 1. The highest BCUT2D eigenvalue weighted by Crippen LogP contribution is 2.27. The molecule has 0 spiro atoms. The van der Waals surface area contributed by atoms with Crippen LogP contribution in [-0.4, -0.2) is 15.5 Å². The van der Waals surface area contributed by atoms with E-state index in [0.717, 1.165) is 6.42 Å². The van der Waals surface area contributed by atoms with Crippen LogP contribution in [0.5, 0.6) is 0 Å². The first-order valence-corrected chi connectivity index (χ1v) is 4.75. The number of halogens is 1. The maximum absolute atomic E-state index is 3.80. The minimum atomic E-state index is -0.0492. The van der Waals surface area contributed by atoms with Crippen LogP contribution in [0.4, 0.5) is 0 Å². The van der Waals surface area contributed by atoms with E-state index in [1.807, 2.05) is 4.68 Å². The van der Waals surface area contributed by atoms with Gasteiger partial charge in [0.15, 0.2) is 5.21 Å². The summed E-state index contributed by atoms with van der Waals surface area (Å²) in [6, 6.07) is 0. The molecule has 0 bridgehead atoms. The zero-order valence-corrected chi connectivity index (χ0v) is 9.91. The van der Waals surface area contributed by atoms with E-state index < -0.39 is 0 Å². The van der Waals surface area contributed by atoms with Crippen LogP contribution in [0.15, 0.2) is 29.6 Å². The molecular weight excluding hydrogens is 212 g/mol. The van der Waals surface area contributed by atoms with Crippen LogP contribution in [0.2, 0.25) is 0 Å². The van der Waals surface area contributed by atoms with Gasteiger partial charge in [-0.1, -0.05) is 22.4 Å². The molecule has 0 aliphatic heterocycles. The van der Waals surface area contributed by atoms with Crippen molar-refractivity contribution in [3.63, 3.8) is 0 Å². The Bertz CT molecular complexity index is 394. The first kappa shape index (κ1) is 11.9. The van der Waals surface area contributed by atoms with Crippen molar-refractivity contribution in [1.29, 1.82) is 0 Å². The summed E-state index contributed by atoms with van der Waals surface area (Å²) in [5.41, 5.74) is 2.62. The fraction of sp³-hybridized carbons (Fsp3) is 0.500. The molecule has 0 amide bonds. The number of hydrogen-bond acceptors (Lipinski definition) is 2. The lowest BCUT2D eigenvalue weighted by atomic mass is 9.86. The Morgan fingerprint density at radius 1 is 1.47 bits per heavy atom. The average molecular weight is 227 g/mol. The molecule has 0 radical (unpaired) electrons. The third-order valence-corrected chi connectivity index (χ3v) is 2.58. The maximum Gasteiger partial charge on any atom is 0.289 e. The van der Waals surface area contributed by atoms with E-state index in [4.69, 9.17) is 0 Å². The Morgan fingerprint density at radius 3 is 2.73 bits per heavy atom. The summed E-state index contributed by atoms with van der Waals surface area (Å²) in [7, 11) is 0. The molecule has 82 valence electrons. The number of allylic oxidation sites excluding steroid dienone is 4. The molecule has 1 aliphatic rings. The Hall–Kier alpha value is -1.16. The normalized spacial score (nSPS) is 25.3. The lowest BCUT2D eigenvalue weighted by Gasteiger charge is -2.26. The monoisotopic (exact) mass is 226 g/mol. The lowest BCUT2D eigenvalue weighted by molar-refractivity contribution is -0.802. The predicted octanol–water partition coefficient (Wildman–Crippen LogP) is -1.89. The summed E-state index contributed by atoms with van der Waals surface area (Å²) in [4.78, 5) is 0. The third kappa shape index (κ3) is 2.26. The summed E-state index contributed by atoms with van der Waals surface area (Å²) in [5, 5.41) is 10.4. The number of nitrogens with zero attached hydrogens (tertiary/aromatic N) is 3. The molecule has 1 N–H and O–H groups in total. The fourth-order valence-electron chi connectivity index (χ4n) is 2.17. The van der Waals surface area contributed by atoms with Gasteiger partial charge in [-0.05, 0) is 26.8 Å². The summed E-state index contributed by atoms with van der Waals surface area (Å²) in [5.74, 6) is 0. The summed E-state index contributed by atoms with van der Waals surface area (Å²) in [6.07, 6.45) is 7.17. The van der Waals surface area contributed by atoms with E-state index in [-0.39, 0.29) is 17.9 Å². The van der Waals surface area contributed by atoms with Crippen molar-refractivity contribution in [3.8, 4) is 0 Å². The fourth-order valence-corrected chi connectivity index (χ4v) is 2.17. The molecule has 0 saturated carbocycles. The second-order valence-electron chi connectivity index (χ2n) is 4.21. The summed E-state index contributed by atoms with van der Waals surface area (Å²) >= 11 is 0. The zero-order chi connectivity index (χ0) is 10.2. The Kier molecular flexibility index (Phi) is 3.29. The van der Waals surface area contributed by atoms with Crippen molar-refractivity contribution in [3.05, 3.63) is 29.6 Å². The average Bonchev–Trinajstić information content (AvgIpc) is 2.52. The number of tetrazole rings is 1. The van der Waals surface area contributed by atoms with Gasteiger partial charge in [-0.15, -0.1) is 0 Å². The van der Waals surface area contributed by atoms with Gasteiger partial charge in [0.2, 0.25) is 0 Å². The van der Waals surface area contributed by atoms with E-state index >= 15 is 0 Å². The number of rotatable bonds is 1. The van der Waals surface area contributed by atoms with Crippen molar-refractivity contribution in [2.75, 3.05) is 0 Å². The molecule has 1 aromatic rings. The molecule has 1 heterocycles. The molecule has 5 heteroatoms. The second kappa shape index (κ2) is 4.14. The Morgan fingerprint density at radius 2 is 2.20 bits per heavy atom. The van der Waals surface area contributed by atoms with Gasteiger partial charge in [0.1, 0.15) is 10.6 Å². The van der Waals surface area contributed by atoms with Gasteiger partial charge in [-0.3, -0.25) is 0 Å². The first-order chi connectivity index (χ1) is 6.60. The molecule has 2 rings (SSSR count). The Balaban J connectivity index is 0.00000112. The molecule has 1 atom stereocenters. The second-order valence-corrected chi connectivity index (χ2v) is 4.21. The molecule has 1 unspecified atom stereocenters. The summed E-state index contributed by atoms with van der Waals surface area (Å²) < 4.78 is 1.94. The molecule has 0 aromatic carbocycles. The van der Waals surface area contributed by atoms with Crippen LogP contribution in [-0.2, 0) is 5.54 Å². The van der Waals surface area contributed by atoms with Gasteiger partial charge in [0.05, 0.1) is 0 Å². The van der Waals surface area contributed by atoms with Gasteiger partial charge in [-0.25, -0.2) is 0 Å². The molecule has 15 heavy (non-hydrogen) atoms. The van der Waals surface area contributed by atoms with Crippen molar-refractivity contribution in [2.45, 2.75) is 32.7 Å². The maximum atomic E-state index is 3.80. The van der Waals surface area contributed by atoms with Gasteiger partial charge >= 0.3 is 0 Å². The minimum Gasteiger partial charge on any atom is -1.00 e. The first-order valence-electron chi connectivity index (χ1n) is 4.75. The molecule has 0 saturated heterocycles. The van der Waals surface area contributed by atoms with Crippen molar-refractivity contribution >= 4 is 0 Å². The van der Waals surface area contributed by atoms with Crippen LogP contribution >= 0.6 is 0 Å². The van der Waals surface area contributed by atoms with Crippen LogP contribution < -0.4 is 17.1 Å². The SMILES string of the molecule is CC1=CC(C)([n+]2cnn[nH]2)CC(C)=C1.[Cl-]. The number of H-pyrrole nitrogens is 1. The zero-order valence-electron chi connectivity index (χ0n) is 9.16. The predicted molar refractivity (Wildman–Crippen MR) is 52.4 cm³/mol. The van der Waals surface area contributed by atoms with E-state index in [1.165, 1.54) is 11.1 Å². The number of aromatic nitrogens is 4. The van der Waals surface area contributed by atoms with E-state index in [9.17, 15) is 0 Å². The third-order valence-electron chi connectivity index (χ3n) is 2.58. The minimum absolute atomic E-state index is 0. The highest BCUT2D eigenvalue weighted by molar-refractivity contribution is 5.28. The van der Waals surface area contributed by atoms with E-state index in [2.05, 4.69) is 48.4 Å². The van der Waals surface area contributed by atoms with Crippen LogP contribution in [0, 0.1) is 0 Å². The largest absolute Gasteiger partial charge is 1.00 e.